The van der Waals surface area contributed by atoms with Gasteiger partial charge in [-0.1, -0.05) is 43.2 Å². The van der Waals surface area contributed by atoms with Crippen LogP contribution in [0.15, 0.2) is 30.3 Å². The Bertz CT molecular complexity index is 422. The van der Waals surface area contributed by atoms with Gasteiger partial charge in [-0.15, -0.1) is 0 Å². The molecular weight excluding hydrogens is 262 g/mol. The van der Waals surface area contributed by atoms with Crippen molar-refractivity contribution in [1.29, 1.82) is 0 Å². The average Bonchev–Trinajstić information content (AvgIpc) is 2.95. The van der Waals surface area contributed by atoms with E-state index in [1.807, 2.05) is 0 Å². The maximum atomic E-state index is 9.76. The predicted molar refractivity (Wildman–Crippen MR) is 84.3 cm³/mol. The van der Waals surface area contributed by atoms with E-state index in [9.17, 15) is 5.11 Å². The largest absolute Gasteiger partial charge is 0.392 e. The molecule has 3 atom stereocenters. The fourth-order valence-electron chi connectivity index (χ4n) is 3.73. The molecule has 21 heavy (non-hydrogen) atoms. The molecule has 0 spiro atoms. The van der Waals surface area contributed by atoms with Crippen LogP contribution in [0.3, 0.4) is 0 Å². The van der Waals surface area contributed by atoms with Crippen molar-refractivity contribution < 1.29 is 9.84 Å². The molecular formula is C18H27NO2. The van der Waals surface area contributed by atoms with Crippen LogP contribution in [0.4, 0.5) is 0 Å². The summed E-state index contributed by atoms with van der Waals surface area (Å²) in [6.07, 6.45) is 7.12. The van der Waals surface area contributed by atoms with E-state index >= 15 is 0 Å². The third-order valence-corrected chi connectivity index (χ3v) is 4.90. The van der Waals surface area contributed by atoms with Gasteiger partial charge < -0.3 is 9.84 Å². The summed E-state index contributed by atoms with van der Waals surface area (Å²) in [7, 11) is 0. The van der Waals surface area contributed by atoms with Crippen LogP contribution in [0.5, 0.6) is 0 Å². The maximum Gasteiger partial charge on any atom is 0.0730 e. The highest BCUT2D eigenvalue weighted by atomic mass is 16.5. The number of likely N-dealkylation sites (tertiary alicyclic amines) is 1. The Labute approximate surface area is 127 Å². The molecule has 2 fully saturated rings. The zero-order valence-electron chi connectivity index (χ0n) is 12.8. The number of aliphatic hydroxyl groups is 1. The minimum absolute atomic E-state index is 0.128. The fourth-order valence-corrected chi connectivity index (χ4v) is 3.73. The summed E-state index contributed by atoms with van der Waals surface area (Å²) in [5.41, 5.74) is 1.35. The number of hydrogen-bond donors (Lipinski definition) is 1. The van der Waals surface area contributed by atoms with Crippen molar-refractivity contribution in [2.45, 2.75) is 56.8 Å². The third kappa shape index (κ3) is 4.06. The Morgan fingerprint density at radius 1 is 1.10 bits per heavy atom. The zero-order valence-corrected chi connectivity index (χ0v) is 12.8. The first kappa shape index (κ1) is 15.0. The number of benzene rings is 1. The lowest BCUT2D eigenvalue weighted by molar-refractivity contribution is -0.0316. The highest BCUT2D eigenvalue weighted by molar-refractivity contribution is 5.14. The first-order chi connectivity index (χ1) is 10.3. The Morgan fingerprint density at radius 2 is 1.90 bits per heavy atom. The van der Waals surface area contributed by atoms with Crippen molar-refractivity contribution in [2.24, 2.45) is 0 Å². The monoisotopic (exact) mass is 289 g/mol. The second kappa shape index (κ2) is 7.39. The highest BCUT2D eigenvalue weighted by Crippen LogP contribution is 2.28. The summed E-state index contributed by atoms with van der Waals surface area (Å²) in [5.74, 6) is 0. The average molecular weight is 289 g/mol. The molecule has 1 aliphatic heterocycles. The summed E-state index contributed by atoms with van der Waals surface area (Å²) in [6, 6.07) is 11.1. The molecule has 0 amide bonds. The van der Waals surface area contributed by atoms with Gasteiger partial charge in [0, 0.05) is 19.1 Å². The molecule has 0 unspecified atom stereocenters. The number of β-amino-alcohol motifs (C(OH)–C–C–N with tert-alkyl or cyclic N) is 1. The quantitative estimate of drug-likeness (QED) is 0.904. The summed E-state index contributed by atoms with van der Waals surface area (Å²) < 4.78 is 6.22. The summed E-state index contributed by atoms with van der Waals surface area (Å²) in [5, 5.41) is 9.76. The van der Waals surface area contributed by atoms with Crippen LogP contribution in [0.1, 0.15) is 37.7 Å². The van der Waals surface area contributed by atoms with Crippen LogP contribution in [0.25, 0.3) is 0 Å². The van der Waals surface area contributed by atoms with Gasteiger partial charge in [0.05, 0.1) is 18.8 Å². The molecule has 1 aliphatic carbocycles. The first-order valence-corrected chi connectivity index (χ1v) is 8.40. The number of hydrogen-bond acceptors (Lipinski definition) is 3. The van der Waals surface area contributed by atoms with E-state index in [2.05, 4.69) is 35.2 Å². The van der Waals surface area contributed by atoms with Gasteiger partial charge in [0.1, 0.15) is 0 Å². The van der Waals surface area contributed by atoms with Crippen molar-refractivity contribution in [3.05, 3.63) is 35.9 Å². The molecule has 1 aromatic carbocycles. The van der Waals surface area contributed by atoms with Crippen molar-refractivity contribution in [1.82, 2.24) is 4.90 Å². The number of rotatable bonds is 5. The van der Waals surface area contributed by atoms with Gasteiger partial charge in [-0.2, -0.15) is 0 Å². The van der Waals surface area contributed by atoms with Gasteiger partial charge >= 0.3 is 0 Å². The molecule has 3 rings (SSSR count). The van der Waals surface area contributed by atoms with Crippen molar-refractivity contribution in [2.75, 3.05) is 19.7 Å². The Kier molecular flexibility index (Phi) is 5.28. The second-order valence-electron chi connectivity index (χ2n) is 6.43. The van der Waals surface area contributed by atoms with E-state index in [1.165, 1.54) is 31.2 Å². The molecule has 0 bridgehead atoms. The van der Waals surface area contributed by atoms with Crippen LogP contribution in [-0.2, 0) is 11.2 Å². The number of nitrogens with zero attached hydrogens (tertiary/aromatic N) is 1. The standard InChI is InChI=1S/C18H27NO2/c20-16-10-12-19(14-16)17-8-4-5-9-18(17)21-13-11-15-6-2-1-3-7-15/h1-3,6-7,16-18,20H,4-5,8-14H2/t16-,17-,18+/m1/s1. The van der Waals surface area contributed by atoms with E-state index in [0.29, 0.717) is 12.1 Å². The predicted octanol–water partition coefficient (Wildman–Crippen LogP) is 2.62. The van der Waals surface area contributed by atoms with E-state index < -0.39 is 0 Å². The van der Waals surface area contributed by atoms with Crippen molar-refractivity contribution in [3.8, 4) is 0 Å². The van der Waals surface area contributed by atoms with Gasteiger partial charge in [-0.3, -0.25) is 4.90 Å². The van der Waals surface area contributed by atoms with Gasteiger partial charge in [-0.25, -0.2) is 0 Å². The lowest BCUT2D eigenvalue weighted by Crippen LogP contribution is -2.46. The number of ether oxygens (including phenoxy) is 1. The summed E-state index contributed by atoms with van der Waals surface area (Å²) in [6.45, 7) is 2.68. The topological polar surface area (TPSA) is 32.7 Å². The minimum Gasteiger partial charge on any atom is -0.392 e. The molecule has 1 aromatic rings. The van der Waals surface area contributed by atoms with E-state index in [4.69, 9.17) is 4.74 Å². The van der Waals surface area contributed by atoms with Gasteiger partial charge in [0.25, 0.3) is 0 Å². The first-order valence-electron chi connectivity index (χ1n) is 8.40. The molecule has 1 N–H and O–H groups in total. The highest BCUT2D eigenvalue weighted by Gasteiger charge is 2.34. The molecule has 116 valence electrons. The maximum absolute atomic E-state index is 9.76. The fraction of sp³-hybridized carbons (Fsp3) is 0.667. The van der Waals surface area contributed by atoms with Gasteiger partial charge in [-0.05, 0) is 31.2 Å². The van der Waals surface area contributed by atoms with Crippen LogP contribution < -0.4 is 0 Å². The molecule has 1 saturated carbocycles. The van der Waals surface area contributed by atoms with Crippen molar-refractivity contribution in [3.63, 3.8) is 0 Å². The normalized spacial score (nSPS) is 30.6. The second-order valence-corrected chi connectivity index (χ2v) is 6.43. The van der Waals surface area contributed by atoms with Crippen LogP contribution in [-0.4, -0.2) is 48.0 Å². The summed E-state index contributed by atoms with van der Waals surface area (Å²) >= 11 is 0. The molecule has 2 aliphatic rings. The van der Waals surface area contributed by atoms with Gasteiger partial charge in [0.2, 0.25) is 0 Å². The molecule has 1 saturated heterocycles. The lowest BCUT2D eigenvalue weighted by atomic mass is 9.91. The van der Waals surface area contributed by atoms with E-state index in [1.54, 1.807) is 0 Å². The van der Waals surface area contributed by atoms with Gasteiger partial charge in [0.15, 0.2) is 0 Å². The lowest BCUT2D eigenvalue weighted by Gasteiger charge is -2.37. The molecule has 3 heteroatoms. The molecule has 1 heterocycles. The van der Waals surface area contributed by atoms with Crippen LogP contribution in [0.2, 0.25) is 0 Å². The Hall–Kier alpha value is -0.900. The third-order valence-electron chi connectivity index (χ3n) is 4.90. The Morgan fingerprint density at radius 3 is 2.67 bits per heavy atom. The molecule has 0 radical (unpaired) electrons. The Balaban J connectivity index is 1.50. The van der Waals surface area contributed by atoms with Crippen LogP contribution in [0, 0.1) is 0 Å². The number of aliphatic hydroxyl groups excluding tert-OH is 1. The molecule has 3 nitrogen and oxygen atoms in total. The van der Waals surface area contributed by atoms with E-state index in [-0.39, 0.29) is 6.10 Å². The summed E-state index contributed by atoms with van der Waals surface area (Å²) in [4.78, 5) is 2.46. The van der Waals surface area contributed by atoms with E-state index in [0.717, 1.165) is 32.5 Å². The van der Waals surface area contributed by atoms with Crippen molar-refractivity contribution >= 4 is 0 Å². The smallest absolute Gasteiger partial charge is 0.0730 e. The molecule has 0 aromatic heterocycles. The SMILES string of the molecule is O[C@@H]1CCN([C@@H]2CCCC[C@@H]2OCCc2ccccc2)C1. The zero-order chi connectivity index (χ0) is 14.5. The minimum atomic E-state index is -0.128. The van der Waals surface area contributed by atoms with Crippen LogP contribution >= 0.6 is 0 Å².